The molecular weight excluding hydrogens is 290 g/mol. The average molecular weight is 311 g/mol. The summed E-state index contributed by atoms with van der Waals surface area (Å²) in [5.74, 6) is 1.16. The van der Waals surface area contributed by atoms with E-state index >= 15 is 0 Å². The van der Waals surface area contributed by atoms with Crippen LogP contribution in [0.1, 0.15) is 36.2 Å². The van der Waals surface area contributed by atoms with Gasteiger partial charge in [0.05, 0.1) is 5.56 Å². The molecule has 1 unspecified atom stereocenters. The van der Waals surface area contributed by atoms with Crippen LogP contribution >= 0.6 is 11.8 Å². The lowest BCUT2D eigenvalue weighted by molar-refractivity contribution is 0.0978. The standard InChI is InChI=1S/C19H21NOS/c1-3-12-22-18-11-7-5-9-16(18)19(21)20-14(2)13-15-8-4-6-10-17(15)20/h4-11,14H,3,12-13H2,1-2H3. The van der Waals surface area contributed by atoms with Crippen LogP contribution in [-0.2, 0) is 6.42 Å². The number of nitrogens with zero attached hydrogens (tertiary/aromatic N) is 1. The first-order valence-corrected chi connectivity index (χ1v) is 8.84. The van der Waals surface area contributed by atoms with Crippen molar-refractivity contribution in [2.75, 3.05) is 10.7 Å². The van der Waals surface area contributed by atoms with Crippen LogP contribution in [0.25, 0.3) is 0 Å². The van der Waals surface area contributed by atoms with E-state index in [2.05, 4.69) is 32.0 Å². The van der Waals surface area contributed by atoms with Crippen molar-refractivity contribution in [3.05, 3.63) is 59.7 Å². The largest absolute Gasteiger partial charge is 0.305 e. The van der Waals surface area contributed by atoms with Crippen LogP contribution in [0.15, 0.2) is 53.4 Å². The lowest BCUT2D eigenvalue weighted by Crippen LogP contribution is -2.36. The third-order valence-corrected chi connectivity index (χ3v) is 5.28. The number of carbonyl (C=O) groups is 1. The third-order valence-electron chi connectivity index (χ3n) is 4.01. The molecular formula is C19H21NOS. The second-order valence-electron chi connectivity index (χ2n) is 5.70. The van der Waals surface area contributed by atoms with Crippen LogP contribution in [0, 0.1) is 0 Å². The Bertz CT molecular complexity index is 683. The van der Waals surface area contributed by atoms with Gasteiger partial charge in [0.2, 0.25) is 0 Å². The maximum absolute atomic E-state index is 13.1. The summed E-state index contributed by atoms with van der Waals surface area (Å²) in [6, 6.07) is 16.4. The molecule has 22 heavy (non-hydrogen) atoms. The predicted octanol–water partition coefficient (Wildman–Crippen LogP) is 4.78. The van der Waals surface area contributed by atoms with Gasteiger partial charge in [0.15, 0.2) is 0 Å². The second kappa shape index (κ2) is 6.57. The number of anilines is 1. The molecule has 1 atom stereocenters. The number of hydrogen-bond donors (Lipinski definition) is 0. The van der Waals surface area contributed by atoms with Gasteiger partial charge < -0.3 is 4.90 Å². The highest BCUT2D eigenvalue weighted by Crippen LogP contribution is 2.34. The van der Waals surface area contributed by atoms with Crippen LogP contribution in [0.5, 0.6) is 0 Å². The molecule has 0 saturated heterocycles. The van der Waals surface area contributed by atoms with Gasteiger partial charge in [-0.15, -0.1) is 11.8 Å². The van der Waals surface area contributed by atoms with Crippen molar-refractivity contribution in [2.24, 2.45) is 0 Å². The summed E-state index contributed by atoms with van der Waals surface area (Å²) in [7, 11) is 0. The molecule has 2 aromatic carbocycles. The zero-order valence-electron chi connectivity index (χ0n) is 13.1. The van der Waals surface area contributed by atoms with Crippen molar-refractivity contribution >= 4 is 23.4 Å². The number of fused-ring (bicyclic) bond motifs is 1. The molecule has 2 nitrogen and oxygen atoms in total. The highest BCUT2D eigenvalue weighted by Gasteiger charge is 2.31. The first kappa shape index (κ1) is 15.2. The van der Waals surface area contributed by atoms with Gasteiger partial charge in [-0.05, 0) is 49.3 Å². The minimum absolute atomic E-state index is 0.122. The Hall–Kier alpha value is -1.74. The molecule has 0 spiro atoms. The minimum atomic E-state index is 0.122. The fraction of sp³-hybridized carbons (Fsp3) is 0.316. The molecule has 1 aliphatic rings. The van der Waals surface area contributed by atoms with Crippen molar-refractivity contribution in [3.63, 3.8) is 0 Å². The topological polar surface area (TPSA) is 20.3 Å². The number of carbonyl (C=O) groups excluding carboxylic acids is 1. The van der Waals surface area contributed by atoms with E-state index in [1.807, 2.05) is 35.2 Å². The summed E-state index contributed by atoms with van der Waals surface area (Å²) >= 11 is 1.77. The Balaban J connectivity index is 1.95. The molecule has 0 saturated carbocycles. The summed E-state index contributed by atoms with van der Waals surface area (Å²) in [5.41, 5.74) is 3.15. The molecule has 0 aromatic heterocycles. The molecule has 3 rings (SSSR count). The van der Waals surface area contributed by atoms with Gasteiger partial charge >= 0.3 is 0 Å². The van der Waals surface area contributed by atoms with E-state index in [0.717, 1.165) is 34.7 Å². The molecule has 114 valence electrons. The highest BCUT2D eigenvalue weighted by molar-refractivity contribution is 7.99. The van der Waals surface area contributed by atoms with Crippen molar-refractivity contribution in [3.8, 4) is 0 Å². The Labute approximate surface area is 136 Å². The molecule has 3 heteroatoms. The first-order chi connectivity index (χ1) is 10.7. The summed E-state index contributed by atoms with van der Waals surface area (Å²) in [6.45, 7) is 4.29. The smallest absolute Gasteiger partial charge is 0.259 e. The van der Waals surface area contributed by atoms with Crippen molar-refractivity contribution in [1.82, 2.24) is 0 Å². The van der Waals surface area contributed by atoms with Crippen molar-refractivity contribution in [2.45, 2.75) is 37.6 Å². The Morgan fingerprint density at radius 1 is 1.18 bits per heavy atom. The van der Waals surface area contributed by atoms with Gasteiger partial charge in [-0.3, -0.25) is 4.79 Å². The number of rotatable bonds is 4. The zero-order chi connectivity index (χ0) is 15.5. The second-order valence-corrected chi connectivity index (χ2v) is 6.84. The average Bonchev–Trinajstić information content (AvgIpc) is 2.88. The van der Waals surface area contributed by atoms with E-state index in [4.69, 9.17) is 0 Å². The quantitative estimate of drug-likeness (QED) is 0.757. The fourth-order valence-electron chi connectivity index (χ4n) is 2.99. The monoisotopic (exact) mass is 311 g/mol. The Kier molecular flexibility index (Phi) is 4.53. The van der Waals surface area contributed by atoms with Gasteiger partial charge in [0.1, 0.15) is 0 Å². The summed E-state index contributed by atoms with van der Waals surface area (Å²) in [6.07, 6.45) is 2.04. The number of para-hydroxylation sites is 1. The van der Waals surface area contributed by atoms with Gasteiger partial charge in [-0.2, -0.15) is 0 Å². The highest BCUT2D eigenvalue weighted by atomic mass is 32.2. The van der Waals surface area contributed by atoms with Crippen LogP contribution in [-0.4, -0.2) is 17.7 Å². The Morgan fingerprint density at radius 3 is 2.73 bits per heavy atom. The van der Waals surface area contributed by atoms with Crippen LogP contribution in [0.2, 0.25) is 0 Å². The Morgan fingerprint density at radius 2 is 1.91 bits per heavy atom. The molecule has 0 N–H and O–H groups in total. The van der Waals surface area contributed by atoms with E-state index in [1.54, 1.807) is 11.8 Å². The van der Waals surface area contributed by atoms with Gasteiger partial charge in [-0.1, -0.05) is 37.3 Å². The normalized spacial score (nSPS) is 16.6. The molecule has 0 fully saturated rings. The SMILES string of the molecule is CCCSc1ccccc1C(=O)N1c2ccccc2CC1C. The summed E-state index contributed by atoms with van der Waals surface area (Å²) in [4.78, 5) is 16.2. The summed E-state index contributed by atoms with van der Waals surface area (Å²) in [5, 5.41) is 0. The molecule has 0 aliphatic carbocycles. The number of amides is 1. The predicted molar refractivity (Wildman–Crippen MR) is 93.9 cm³/mol. The fourth-order valence-corrected chi connectivity index (χ4v) is 3.90. The van der Waals surface area contributed by atoms with Crippen LogP contribution in [0.4, 0.5) is 5.69 Å². The lowest BCUT2D eigenvalue weighted by Gasteiger charge is -2.24. The van der Waals surface area contributed by atoms with E-state index in [9.17, 15) is 4.79 Å². The van der Waals surface area contributed by atoms with Gasteiger partial charge in [-0.25, -0.2) is 0 Å². The molecule has 0 bridgehead atoms. The minimum Gasteiger partial charge on any atom is -0.305 e. The number of hydrogen-bond acceptors (Lipinski definition) is 2. The van der Waals surface area contributed by atoms with E-state index in [-0.39, 0.29) is 11.9 Å². The molecule has 2 aromatic rings. The molecule has 1 heterocycles. The maximum atomic E-state index is 13.1. The summed E-state index contributed by atoms with van der Waals surface area (Å²) < 4.78 is 0. The molecule has 1 aliphatic heterocycles. The van der Waals surface area contributed by atoms with Crippen molar-refractivity contribution < 1.29 is 4.79 Å². The lowest BCUT2D eigenvalue weighted by atomic mass is 10.1. The van der Waals surface area contributed by atoms with Crippen molar-refractivity contribution in [1.29, 1.82) is 0 Å². The van der Waals surface area contributed by atoms with Gasteiger partial charge in [0, 0.05) is 16.6 Å². The third kappa shape index (κ3) is 2.78. The van der Waals surface area contributed by atoms with Gasteiger partial charge in [0.25, 0.3) is 5.91 Å². The molecule has 0 radical (unpaired) electrons. The van der Waals surface area contributed by atoms with E-state index in [1.165, 1.54) is 5.56 Å². The maximum Gasteiger partial charge on any atom is 0.259 e. The van der Waals surface area contributed by atoms with E-state index in [0.29, 0.717) is 0 Å². The van der Waals surface area contributed by atoms with E-state index < -0.39 is 0 Å². The number of thioether (sulfide) groups is 1. The van der Waals surface area contributed by atoms with Crippen LogP contribution in [0.3, 0.4) is 0 Å². The van der Waals surface area contributed by atoms with Crippen LogP contribution < -0.4 is 4.90 Å². The first-order valence-electron chi connectivity index (χ1n) is 7.85. The molecule has 1 amide bonds. The number of benzene rings is 2. The zero-order valence-corrected chi connectivity index (χ0v) is 13.9.